The summed E-state index contributed by atoms with van der Waals surface area (Å²) >= 11 is 7.50. The molecule has 3 aromatic carbocycles. The molecule has 1 amide bonds. The van der Waals surface area contributed by atoms with Gasteiger partial charge < -0.3 is 5.32 Å². The topological polar surface area (TPSA) is 106 Å². The number of thioether (sulfide) groups is 1. The molecule has 0 fully saturated rings. The third-order valence-electron chi connectivity index (χ3n) is 6.78. The molecule has 222 valence electrons. The van der Waals surface area contributed by atoms with Gasteiger partial charge in [-0.15, -0.1) is 10.2 Å². The van der Waals surface area contributed by atoms with Crippen LogP contribution in [0.15, 0.2) is 82.8 Å². The number of halogens is 1. The Bertz CT molecular complexity index is 1640. The fraction of sp³-hybridized carbons (Fsp3) is 0.323. The van der Waals surface area contributed by atoms with E-state index in [1.54, 1.807) is 36.4 Å². The van der Waals surface area contributed by atoms with Crippen molar-refractivity contribution in [3.05, 3.63) is 83.4 Å². The Kier molecular flexibility index (Phi) is 10.7. The number of carbonyl (C=O) groups is 1. The molecular weight excluding hydrogens is 590 g/mol. The van der Waals surface area contributed by atoms with Crippen molar-refractivity contribution in [3.8, 4) is 11.4 Å². The first-order valence-electron chi connectivity index (χ1n) is 13.9. The number of para-hydroxylation sites is 2. The second-order valence-electron chi connectivity index (χ2n) is 10.6. The summed E-state index contributed by atoms with van der Waals surface area (Å²) < 4.78 is 31.1. The maximum atomic E-state index is 13.3. The van der Waals surface area contributed by atoms with Crippen LogP contribution in [0.5, 0.6) is 0 Å². The molecule has 42 heavy (non-hydrogen) atoms. The molecule has 1 aromatic heterocycles. The number of benzene rings is 3. The molecule has 0 spiro atoms. The number of anilines is 2. The Labute approximate surface area is 257 Å². The van der Waals surface area contributed by atoms with Gasteiger partial charge in [0, 0.05) is 17.3 Å². The summed E-state index contributed by atoms with van der Waals surface area (Å²) in [4.78, 5) is 12.9. The van der Waals surface area contributed by atoms with Gasteiger partial charge in [-0.3, -0.25) is 14.1 Å². The highest BCUT2D eigenvalue weighted by Crippen LogP contribution is 2.32. The first-order chi connectivity index (χ1) is 20.0. The second-order valence-corrected chi connectivity index (χ2v) is 13.6. The van der Waals surface area contributed by atoms with E-state index in [0.717, 1.165) is 30.5 Å². The molecule has 4 aromatic rings. The Morgan fingerprint density at radius 2 is 1.67 bits per heavy atom. The summed E-state index contributed by atoms with van der Waals surface area (Å²) in [5.74, 6) is 1.14. The molecule has 0 saturated heterocycles. The van der Waals surface area contributed by atoms with Crippen LogP contribution in [-0.4, -0.2) is 34.8 Å². The van der Waals surface area contributed by atoms with Crippen molar-refractivity contribution in [2.75, 3.05) is 15.8 Å². The predicted molar refractivity (Wildman–Crippen MR) is 172 cm³/mol. The first-order valence-corrected chi connectivity index (χ1v) is 16.7. The van der Waals surface area contributed by atoms with Crippen LogP contribution in [-0.2, 0) is 14.8 Å². The zero-order chi connectivity index (χ0) is 30.3. The van der Waals surface area contributed by atoms with E-state index < -0.39 is 10.0 Å². The Balaban J connectivity index is 1.61. The quantitative estimate of drug-likeness (QED) is 0.147. The standard InChI is InChI=1S/C31H36ClN5O3S2/c1-21(2)11-9-13-23(4)37-30(34-35-31(37)41-20-29(38)33-27-17-7-5-12-22(27)3)24-14-10-15-25(19-24)42(39,40)36-28-18-8-6-16-26(28)32/h5-8,10,12,14-19,21,23,36H,9,11,13,20H2,1-4H3,(H,33,38)/t23-/m1/s1. The van der Waals surface area contributed by atoms with E-state index in [4.69, 9.17) is 11.6 Å². The molecule has 2 N–H and O–H groups in total. The van der Waals surface area contributed by atoms with Gasteiger partial charge in [0.25, 0.3) is 10.0 Å². The van der Waals surface area contributed by atoms with E-state index in [1.165, 1.54) is 17.8 Å². The highest BCUT2D eigenvalue weighted by molar-refractivity contribution is 7.99. The van der Waals surface area contributed by atoms with E-state index in [1.807, 2.05) is 41.8 Å². The molecule has 0 aliphatic carbocycles. The van der Waals surface area contributed by atoms with Crippen LogP contribution >= 0.6 is 23.4 Å². The minimum atomic E-state index is -3.92. The average Bonchev–Trinajstić information content (AvgIpc) is 3.38. The van der Waals surface area contributed by atoms with Gasteiger partial charge in [-0.1, -0.05) is 92.5 Å². The predicted octanol–water partition coefficient (Wildman–Crippen LogP) is 7.83. The van der Waals surface area contributed by atoms with Crippen molar-refractivity contribution in [1.82, 2.24) is 14.8 Å². The van der Waals surface area contributed by atoms with Crippen LogP contribution in [0, 0.1) is 12.8 Å². The molecule has 11 heteroatoms. The van der Waals surface area contributed by atoms with Gasteiger partial charge in [0.1, 0.15) is 0 Å². The van der Waals surface area contributed by atoms with Crippen molar-refractivity contribution in [2.24, 2.45) is 5.92 Å². The number of aryl methyl sites for hydroxylation is 1. The van der Waals surface area contributed by atoms with E-state index in [9.17, 15) is 13.2 Å². The molecule has 1 heterocycles. The third kappa shape index (κ3) is 8.14. The zero-order valence-electron chi connectivity index (χ0n) is 24.2. The van der Waals surface area contributed by atoms with Crippen LogP contribution in [0.25, 0.3) is 11.4 Å². The largest absolute Gasteiger partial charge is 0.325 e. The number of nitrogens with zero attached hydrogens (tertiary/aromatic N) is 3. The van der Waals surface area contributed by atoms with Gasteiger partial charge in [-0.05, 0) is 62.1 Å². The first kappa shape index (κ1) is 31.6. The minimum Gasteiger partial charge on any atom is -0.325 e. The molecule has 8 nitrogen and oxygen atoms in total. The summed E-state index contributed by atoms with van der Waals surface area (Å²) in [6, 6.07) is 20.9. The summed E-state index contributed by atoms with van der Waals surface area (Å²) in [5, 5.41) is 12.8. The summed E-state index contributed by atoms with van der Waals surface area (Å²) in [5.41, 5.74) is 2.67. The fourth-order valence-electron chi connectivity index (χ4n) is 4.50. The number of nitrogens with one attached hydrogen (secondary N) is 2. The SMILES string of the molecule is Cc1ccccc1NC(=O)CSc1nnc(-c2cccc(S(=O)(=O)Nc3ccccc3Cl)c2)n1[C@H](C)CCCC(C)C. The van der Waals surface area contributed by atoms with Crippen molar-refractivity contribution in [2.45, 2.75) is 63.1 Å². The summed E-state index contributed by atoms with van der Waals surface area (Å²) in [6.07, 6.45) is 2.99. The lowest BCUT2D eigenvalue weighted by atomic mass is 10.0. The van der Waals surface area contributed by atoms with Gasteiger partial charge in [0.2, 0.25) is 5.91 Å². The van der Waals surface area contributed by atoms with Crippen LogP contribution in [0.2, 0.25) is 5.02 Å². The van der Waals surface area contributed by atoms with Crippen molar-refractivity contribution < 1.29 is 13.2 Å². The van der Waals surface area contributed by atoms with Crippen LogP contribution in [0.1, 0.15) is 51.6 Å². The normalized spacial score (nSPS) is 12.3. The number of sulfonamides is 1. The van der Waals surface area contributed by atoms with Crippen molar-refractivity contribution >= 4 is 50.7 Å². The number of aromatic nitrogens is 3. The Morgan fingerprint density at radius 3 is 2.38 bits per heavy atom. The number of rotatable bonds is 13. The Hall–Kier alpha value is -3.34. The Morgan fingerprint density at radius 1 is 0.952 bits per heavy atom. The van der Waals surface area contributed by atoms with Crippen molar-refractivity contribution in [3.63, 3.8) is 0 Å². The molecule has 0 radical (unpaired) electrons. The monoisotopic (exact) mass is 625 g/mol. The van der Waals surface area contributed by atoms with E-state index in [-0.39, 0.29) is 22.6 Å². The van der Waals surface area contributed by atoms with Gasteiger partial charge >= 0.3 is 0 Å². The van der Waals surface area contributed by atoms with Gasteiger partial charge in [0.05, 0.1) is 21.4 Å². The minimum absolute atomic E-state index is 0.0252. The van der Waals surface area contributed by atoms with Gasteiger partial charge in [-0.25, -0.2) is 8.42 Å². The fourth-order valence-corrected chi connectivity index (χ4v) is 6.70. The molecule has 4 rings (SSSR count). The number of hydrogen-bond donors (Lipinski definition) is 2. The third-order valence-corrected chi connectivity index (χ3v) is 9.42. The average molecular weight is 626 g/mol. The number of amides is 1. The zero-order valence-corrected chi connectivity index (χ0v) is 26.6. The molecule has 0 aliphatic heterocycles. The van der Waals surface area contributed by atoms with Gasteiger partial charge in [-0.2, -0.15) is 0 Å². The van der Waals surface area contributed by atoms with Crippen molar-refractivity contribution in [1.29, 1.82) is 0 Å². The molecule has 0 saturated carbocycles. The smallest absolute Gasteiger partial charge is 0.261 e. The van der Waals surface area contributed by atoms with Crippen LogP contribution in [0.3, 0.4) is 0 Å². The highest BCUT2D eigenvalue weighted by atomic mass is 35.5. The second kappa shape index (κ2) is 14.2. The van der Waals surface area contributed by atoms with E-state index in [2.05, 4.69) is 41.0 Å². The number of carbonyl (C=O) groups excluding carboxylic acids is 1. The van der Waals surface area contributed by atoms with E-state index >= 15 is 0 Å². The maximum absolute atomic E-state index is 13.3. The number of hydrogen-bond acceptors (Lipinski definition) is 6. The molecule has 1 atom stereocenters. The van der Waals surface area contributed by atoms with Gasteiger partial charge in [0.15, 0.2) is 11.0 Å². The summed E-state index contributed by atoms with van der Waals surface area (Å²) in [6.45, 7) is 8.45. The van der Waals surface area contributed by atoms with Crippen LogP contribution < -0.4 is 10.0 Å². The van der Waals surface area contributed by atoms with E-state index in [0.29, 0.717) is 33.2 Å². The molecular formula is C31H36ClN5O3S2. The molecule has 0 aliphatic rings. The molecule has 0 unspecified atom stereocenters. The summed E-state index contributed by atoms with van der Waals surface area (Å²) in [7, 11) is -3.92. The lowest BCUT2D eigenvalue weighted by Gasteiger charge is -2.19. The molecule has 0 bridgehead atoms. The highest BCUT2D eigenvalue weighted by Gasteiger charge is 2.23. The lowest BCUT2D eigenvalue weighted by molar-refractivity contribution is -0.113. The lowest BCUT2D eigenvalue weighted by Crippen LogP contribution is -2.16. The van der Waals surface area contributed by atoms with Crippen LogP contribution in [0.4, 0.5) is 11.4 Å². The maximum Gasteiger partial charge on any atom is 0.261 e.